The number of hydrogen-bond donors (Lipinski definition) is 2. The van der Waals surface area contributed by atoms with Crippen LogP contribution >= 0.6 is 15.9 Å². The van der Waals surface area contributed by atoms with Gasteiger partial charge in [0, 0.05) is 16.9 Å². The third-order valence-corrected chi connectivity index (χ3v) is 2.80. The standard InChI is InChI=1S/C12H13BrN4/c1-8(11-4-2-3-5-15-11)17-12-10(14)6-9(13)7-16-12/h2-8H,14H2,1H3,(H,16,17). The van der Waals surface area contributed by atoms with E-state index in [9.17, 15) is 0 Å². The summed E-state index contributed by atoms with van der Waals surface area (Å²) in [5, 5.41) is 3.23. The van der Waals surface area contributed by atoms with Gasteiger partial charge in [-0.3, -0.25) is 4.98 Å². The predicted molar refractivity (Wildman–Crippen MR) is 72.6 cm³/mol. The summed E-state index contributed by atoms with van der Waals surface area (Å²) < 4.78 is 0.867. The largest absolute Gasteiger partial charge is 0.396 e. The van der Waals surface area contributed by atoms with Crippen molar-refractivity contribution in [2.24, 2.45) is 0 Å². The highest BCUT2D eigenvalue weighted by Crippen LogP contribution is 2.23. The molecule has 0 aliphatic heterocycles. The van der Waals surface area contributed by atoms with Crippen LogP contribution in [-0.2, 0) is 0 Å². The lowest BCUT2D eigenvalue weighted by Gasteiger charge is -2.15. The Kier molecular flexibility index (Phi) is 3.58. The van der Waals surface area contributed by atoms with Crippen LogP contribution in [0.25, 0.3) is 0 Å². The number of nitrogens with two attached hydrogens (primary N) is 1. The van der Waals surface area contributed by atoms with Gasteiger partial charge in [-0.25, -0.2) is 4.98 Å². The second-order valence-electron chi connectivity index (χ2n) is 3.71. The van der Waals surface area contributed by atoms with E-state index in [1.807, 2.05) is 31.2 Å². The predicted octanol–water partition coefficient (Wildman–Crippen LogP) is 2.99. The normalized spacial score (nSPS) is 12.1. The second-order valence-corrected chi connectivity index (χ2v) is 4.63. The van der Waals surface area contributed by atoms with Crippen molar-refractivity contribution in [2.75, 3.05) is 11.1 Å². The maximum Gasteiger partial charge on any atom is 0.149 e. The Morgan fingerprint density at radius 3 is 2.82 bits per heavy atom. The fourth-order valence-electron chi connectivity index (χ4n) is 1.49. The number of nitrogens with zero attached hydrogens (tertiary/aromatic N) is 2. The number of pyridine rings is 2. The van der Waals surface area contributed by atoms with Crippen molar-refractivity contribution in [1.29, 1.82) is 0 Å². The number of nitrogen functional groups attached to an aromatic ring is 1. The van der Waals surface area contributed by atoms with Gasteiger partial charge in [0.1, 0.15) is 5.82 Å². The zero-order valence-corrected chi connectivity index (χ0v) is 11.0. The Hall–Kier alpha value is -1.62. The Labute approximate surface area is 108 Å². The summed E-state index contributed by atoms with van der Waals surface area (Å²) in [5.41, 5.74) is 7.44. The van der Waals surface area contributed by atoms with Gasteiger partial charge >= 0.3 is 0 Å². The lowest BCUT2D eigenvalue weighted by atomic mass is 10.2. The summed E-state index contributed by atoms with van der Waals surface area (Å²) in [7, 11) is 0. The van der Waals surface area contributed by atoms with Crippen molar-refractivity contribution in [2.45, 2.75) is 13.0 Å². The first-order valence-corrected chi connectivity index (χ1v) is 6.04. The summed E-state index contributed by atoms with van der Waals surface area (Å²) >= 11 is 3.32. The van der Waals surface area contributed by atoms with Crippen LogP contribution < -0.4 is 11.1 Å². The van der Waals surface area contributed by atoms with Gasteiger partial charge in [0.2, 0.25) is 0 Å². The van der Waals surface area contributed by atoms with Crippen molar-refractivity contribution in [3.8, 4) is 0 Å². The van der Waals surface area contributed by atoms with Crippen LogP contribution in [0.3, 0.4) is 0 Å². The van der Waals surface area contributed by atoms with Gasteiger partial charge in [0.25, 0.3) is 0 Å². The SMILES string of the molecule is CC(Nc1ncc(Br)cc1N)c1ccccn1. The topological polar surface area (TPSA) is 63.8 Å². The Morgan fingerprint density at radius 2 is 2.18 bits per heavy atom. The molecule has 4 nitrogen and oxygen atoms in total. The maximum atomic E-state index is 5.87. The van der Waals surface area contributed by atoms with Crippen LogP contribution in [0.15, 0.2) is 41.1 Å². The third kappa shape index (κ3) is 2.94. The van der Waals surface area contributed by atoms with Crippen LogP contribution in [0.4, 0.5) is 11.5 Å². The van der Waals surface area contributed by atoms with E-state index in [1.165, 1.54) is 0 Å². The molecule has 3 N–H and O–H groups in total. The highest BCUT2D eigenvalue weighted by molar-refractivity contribution is 9.10. The Bertz CT molecular complexity index is 501. The molecule has 5 heteroatoms. The number of nitrogens with one attached hydrogen (secondary N) is 1. The Morgan fingerprint density at radius 1 is 1.35 bits per heavy atom. The van der Waals surface area contributed by atoms with E-state index < -0.39 is 0 Å². The van der Waals surface area contributed by atoms with Crippen LogP contribution in [0.5, 0.6) is 0 Å². The number of aromatic nitrogens is 2. The minimum absolute atomic E-state index is 0.0622. The second kappa shape index (κ2) is 5.14. The molecule has 2 rings (SSSR count). The molecule has 1 atom stereocenters. The third-order valence-electron chi connectivity index (χ3n) is 2.37. The molecule has 0 radical (unpaired) electrons. The average Bonchev–Trinajstić information content (AvgIpc) is 2.34. The van der Waals surface area contributed by atoms with E-state index in [0.717, 1.165) is 10.2 Å². The molecule has 0 aromatic carbocycles. The summed E-state index contributed by atoms with van der Waals surface area (Å²) in [5.74, 6) is 0.673. The van der Waals surface area contributed by atoms with Crippen molar-refractivity contribution >= 4 is 27.4 Å². The van der Waals surface area contributed by atoms with Crippen molar-refractivity contribution in [3.05, 3.63) is 46.8 Å². The molecule has 17 heavy (non-hydrogen) atoms. The summed E-state index contributed by atoms with van der Waals surface area (Å²) in [6.07, 6.45) is 3.48. The van der Waals surface area contributed by atoms with Gasteiger partial charge in [-0.1, -0.05) is 6.07 Å². The molecule has 2 aromatic heterocycles. The van der Waals surface area contributed by atoms with Gasteiger partial charge in [-0.15, -0.1) is 0 Å². The zero-order valence-electron chi connectivity index (χ0n) is 9.39. The molecule has 88 valence electrons. The summed E-state index contributed by atoms with van der Waals surface area (Å²) in [6, 6.07) is 7.70. The van der Waals surface area contributed by atoms with E-state index in [1.54, 1.807) is 12.4 Å². The van der Waals surface area contributed by atoms with E-state index in [4.69, 9.17) is 5.73 Å². The highest BCUT2D eigenvalue weighted by Gasteiger charge is 2.09. The molecule has 2 heterocycles. The molecule has 0 aliphatic carbocycles. The number of rotatable bonds is 3. The number of anilines is 2. The molecule has 0 bridgehead atoms. The van der Waals surface area contributed by atoms with Gasteiger partial charge in [0.05, 0.1) is 17.4 Å². The fourth-order valence-corrected chi connectivity index (χ4v) is 1.84. The van der Waals surface area contributed by atoms with Crippen LogP contribution in [-0.4, -0.2) is 9.97 Å². The molecule has 0 saturated carbocycles. The quantitative estimate of drug-likeness (QED) is 0.913. The van der Waals surface area contributed by atoms with Gasteiger partial charge in [-0.2, -0.15) is 0 Å². The van der Waals surface area contributed by atoms with E-state index in [0.29, 0.717) is 11.5 Å². The molecular weight excluding hydrogens is 280 g/mol. The van der Waals surface area contributed by atoms with Crippen LogP contribution in [0, 0.1) is 0 Å². The van der Waals surface area contributed by atoms with Crippen LogP contribution in [0.2, 0.25) is 0 Å². The highest BCUT2D eigenvalue weighted by atomic mass is 79.9. The molecule has 1 unspecified atom stereocenters. The minimum Gasteiger partial charge on any atom is -0.396 e. The molecule has 0 fully saturated rings. The van der Waals surface area contributed by atoms with Gasteiger partial charge < -0.3 is 11.1 Å². The first-order valence-electron chi connectivity index (χ1n) is 5.25. The zero-order chi connectivity index (χ0) is 12.3. The number of halogens is 1. The van der Waals surface area contributed by atoms with Crippen molar-refractivity contribution in [3.63, 3.8) is 0 Å². The monoisotopic (exact) mass is 292 g/mol. The molecule has 2 aromatic rings. The molecular formula is C12H13BrN4. The van der Waals surface area contributed by atoms with Crippen molar-refractivity contribution in [1.82, 2.24) is 9.97 Å². The van der Waals surface area contributed by atoms with E-state index >= 15 is 0 Å². The minimum atomic E-state index is 0.0622. The average molecular weight is 293 g/mol. The summed E-state index contributed by atoms with van der Waals surface area (Å²) in [4.78, 5) is 8.51. The lowest BCUT2D eigenvalue weighted by Crippen LogP contribution is -2.11. The molecule has 0 saturated heterocycles. The summed E-state index contributed by atoms with van der Waals surface area (Å²) in [6.45, 7) is 2.02. The number of hydrogen-bond acceptors (Lipinski definition) is 4. The Balaban J connectivity index is 2.16. The van der Waals surface area contributed by atoms with Crippen molar-refractivity contribution < 1.29 is 0 Å². The van der Waals surface area contributed by atoms with E-state index in [2.05, 4.69) is 31.2 Å². The molecule has 0 aliphatic rings. The van der Waals surface area contributed by atoms with Gasteiger partial charge in [-0.05, 0) is 41.1 Å². The first-order chi connectivity index (χ1) is 8.16. The first kappa shape index (κ1) is 11.9. The van der Waals surface area contributed by atoms with Crippen LogP contribution in [0.1, 0.15) is 18.7 Å². The van der Waals surface area contributed by atoms with Gasteiger partial charge in [0.15, 0.2) is 0 Å². The van der Waals surface area contributed by atoms with E-state index in [-0.39, 0.29) is 6.04 Å². The fraction of sp³-hybridized carbons (Fsp3) is 0.167. The molecule has 0 spiro atoms. The smallest absolute Gasteiger partial charge is 0.149 e. The maximum absolute atomic E-state index is 5.87. The molecule has 0 amide bonds. The lowest BCUT2D eigenvalue weighted by molar-refractivity contribution is 0.832.